The highest BCUT2D eigenvalue weighted by Crippen LogP contribution is 2.37. The average molecular weight is 474 g/mol. The van der Waals surface area contributed by atoms with E-state index >= 15 is 0 Å². The normalized spacial score (nSPS) is 13.9. The van der Waals surface area contributed by atoms with Crippen LogP contribution in [-0.4, -0.2) is 40.0 Å². The molecule has 0 bridgehead atoms. The summed E-state index contributed by atoms with van der Waals surface area (Å²) in [6.45, 7) is 0.988. The Morgan fingerprint density at radius 1 is 1.24 bits per heavy atom. The lowest BCUT2D eigenvalue weighted by Gasteiger charge is -2.23. The predicted molar refractivity (Wildman–Crippen MR) is 111 cm³/mol. The van der Waals surface area contributed by atoms with Gasteiger partial charge in [0, 0.05) is 18.3 Å². The number of halogens is 4. The summed E-state index contributed by atoms with van der Waals surface area (Å²) >= 11 is 0. The second-order valence-corrected chi connectivity index (χ2v) is 7.62. The molecule has 1 aromatic heterocycles. The number of aromatic nitrogens is 2. The maximum Gasteiger partial charge on any atom is 0.425 e. The molecule has 34 heavy (non-hydrogen) atoms. The van der Waals surface area contributed by atoms with Gasteiger partial charge in [0.2, 0.25) is 0 Å². The van der Waals surface area contributed by atoms with Crippen molar-refractivity contribution in [3.8, 4) is 23.3 Å². The number of amides is 1. The molecule has 0 saturated carbocycles. The van der Waals surface area contributed by atoms with Gasteiger partial charge in [-0.15, -0.1) is 0 Å². The summed E-state index contributed by atoms with van der Waals surface area (Å²) in [5.74, 6) is -1.61. The van der Waals surface area contributed by atoms with Crippen molar-refractivity contribution < 1.29 is 31.8 Å². The second kappa shape index (κ2) is 8.70. The van der Waals surface area contributed by atoms with Crippen LogP contribution in [-0.2, 0) is 13.1 Å². The van der Waals surface area contributed by atoms with Gasteiger partial charge in [0.05, 0.1) is 30.6 Å². The third-order valence-electron chi connectivity index (χ3n) is 5.36. The molecule has 0 unspecified atom stereocenters. The van der Waals surface area contributed by atoms with Crippen molar-refractivity contribution in [2.24, 2.45) is 0 Å². The van der Waals surface area contributed by atoms with E-state index in [0.29, 0.717) is 16.9 Å². The van der Waals surface area contributed by atoms with Crippen LogP contribution in [0.3, 0.4) is 0 Å². The first kappa shape index (κ1) is 23.1. The molecular weight excluding hydrogens is 456 g/mol. The largest absolute Gasteiger partial charge is 0.494 e. The molecule has 0 saturated heterocycles. The monoisotopic (exact) mass is 474 g/mol. The van der Waals surface area contributed by atoms with Crippen LogP contribution in [0.15, 0.2) is 42.6 Å². The zero-order chi connectivity index (χ0) is 24.6. The Morgan fingerprint density at radius 2 is 2.00 bits per heavy atom. The van der Waals surface area contributed by atoms with E-state index in [9.17, 15) is 27.6 Å². The van der Waals surface area contributed by atoms with Crippen LogP contribution in [0.1, 0.15) is 34.1 Å². The van der Waals surface area contributed by atoms with E-state index in [1.807, 2.05) is 6.07 Å². The summed E-state index contributed by atoms with van der Waals surface area (Å²) in [7, 11) is 1.21. The highest BCUT2D eigenvalue weighted by atomic mass is 19.4. The van der Waals surface area contributed by atoms with E-state index in [2.05, 4.69) is 5.10 Å². The molecule has 2 aromatic carbocycles. The van der Waals surface area contributed by atoms with Crippen molar-refractivity contribution in [3.63, 3.8) is 0 Å². The van der Waals surface area contributed by atoms with E-state index in [4.69, 9.17) is 9.47 Å². The molecule has 0 fully saturated rings. The number of methoxy groups -OCH3 is 1. The summed E-state index contributed by atoms with van der Waals surface area (Å²) < 4.78 is 64.6. The zero-order valence-corrected chi connectivity index (χ0v) is 18.1. The standard InChI is InChI=1S/C23H18F4N4O3/c1-13(23(25,26)27)34-19-7-6-14(9-28)21(33-2)20(19)22(32)30-10-15-11-31(29-18(15)12-30)17-5-3-4-16(24)8-17/h3-8,11,13H,10,12H2,1-2H3/t13-/m0/s1. The van der Waals surface area contributed by atoms with Crippen LogP contribution in [0.4, 0.5) is 17.6 Å². The van der Waals surface area contributed by atoms with Gasteiger partial charge in [-0.3, -0.25) is 4.79 Å². The Kier molecular flexibility index (Phi) is 5.91. The van der Waals surface area contributed by atoms with Crippen molar-refractivity contribution in [3.05, 3.63) is 70.8 Å². The third kappa shape index (κ3) is 4.26. The molecule has 0 radical (unpaired) electrons. The van der Waals surface area contributed by atoms with Crippen molar-refractivity contribution in [1.29, 1.82) is 5.26 Å². The van der Waals surface area contributed by atoms with Crippen molar-refractivity contribution in [1.82, 2.24) is 14.7 Å². The SMILES string of the molecule is COc1c(C#N)ccc(O[C@@H](C)C(F)(F)F)c1C(=O)N1Cc2cn(-c3cccc(F)c3)nc2C1. The number of alkyl halides is 3. The lowest BCUT2D eigenvalue weighted by Crippen LogP contribution is -2.33. The predicted octanol–water partition coefficient (Wildman–Crippen LogP) is 4.38. The summed E-state index contributed by atoms with van der Waals surface area (Å²) in [6.07, 6.45) is -5.20. The fourth-order valence-electron chi connectivity index (χ4n) is 3.63. The molecule has 0 N–H and O–H groups in total. The molecule has 176 valence electrons. The lowest BCUT2D eigenvalue weighted by molar-refractivity contribution is -0.189. The van der Waals surface area contributed by atoms with Gasteiger partial charge >= 0.3 is 6.18 Å². The summed E-state index contributed by atoms with van der Waals surface area (Å²) in [4.78, 5) is 14.8. The first-order valence-electron chi connectivity index (χ1n) is 10.1. The van der Waals surface area contributed by atoms with E-state index in [-0.39, 0.29) is 35.7 Å². The van der Waals surface area contributed by atoms with Gasteiger partial charge in [-0.25, -0.2) is 9.07 Å². The lowest BCUT2D eigenvalue weighted by atomic mass is 10.1. The van der Waals surface area contributed by atoms with Gasteiger partial charge < -0.3 is 14.4 Å². The zero-order valence-electron chi connectivity index (χ0n) is 18.1. The molecule has 0 aliphatic carbocycles. The van der Waals surface area contributed by atoms with E-state index in [1.54, 1.807) is 18.3 Å². The van der Waals surface area contributed by atoms with Crippen LogP contribution < -0.4 is 9.47 Å². The van der Waals surface area contributed by atoms with Crippen LogP contribution >= 0.6 is 0 Å². The van der Waals surface area contributed by atoms with E-state index < -0.39 is 24.0 Å². The van der Waals surface area contributed by atoms with Gasteiger partial charge in [0.1, 0.15) is 23.2 Å². The molecule has 4 rings (SSSR count). The van der Waals surface area contributed by atoms with Crippen molar-refractivity contribution >= 4 is 5.91 Å². The molecule has 1 aliphatic heterocycles. The van der Waals surface area contributed by atoms with Gasteiger partial charge in [0.25, 0.3) is 5.91 Å². The molecule has 2 heterocycles. The van der Waals surface area contributed by atoms with E-state index in [0.717, 1.165) is 13.0 Å². The molecule has 1 aliphatic rings. The smallest absolute Gasteiger partial charge is 0.425 e. The van der Waals surface area contributed by atoms with Crippen LogP contribution in [0.5, 0.6) is 11.5 Å². The summed E-state index contributed by atoms with van der Waals surface area (Å²) in [5.41, 5.74) is 1.46. The van der Waals surface area contributed by atoms with Gasteiger partial charge in [-0.2, -0.15) is 23.5 Å². The highest BCUT2D eigenvalue weighted by molar-refractivity contribution is 6.00. The topological polar surface area (TPSA) is 80.4 Å². The fraction of sp³-hybridized carbons (Fsp3) is 0.261. The number of ether oxygens (including phenoxy) is 2. The molecule has 1 amide bonds. The van der Waals surface area contributed by atoms with Crippen LogP contribution in [0, 0.1) is 17.1 Å². The number of nitriles is 1. The maximum atomic E-state index is 13.5. The number of hydrogen-bond acceptors (Lipinski definition) is 5. The number of carbonyl (C=O) groups is 1. The van der Waals surface area contributed by atoms with Gasteiger partial charge in [0.15, 0.2) is 11.9 Å². The average Bonchev–Trinajstić information content (AvgIpc) is 3.37. The first-order valence-corrected chi connectivity index (χ1v) is 10.1. The van der Waals surface area contributed by atoms with Crippen molar-refractivity contribution in [2.75, 3.05) is 7.11 Å². The van der Waals surface area contributed by atoms with Gasteiger partial charge in [-0.05, 0) is 37.3 Å². The molecular formula is C23H18F4N4O3. The van der Waals surface area contributed by atoms with Crippen molar-refractivity contribution in [2.45, 2.75) is 32.3 Å². The fourth-order valence-corrected chi connectivity index (χ4v) is 3.63. The highest BCUT2D eigenvalue weighted by Gasteiger charge is 2.40. The molecule has 7 nitrogen and oxygen atoms in total. The minimum Gasteiger partial charge on any atom is -0.494 e. The quantitative estimate of drug-likeness (QED) is 0.513. The first-order chi connectivity index (χ1) is 16.1. The molecule has 0 spiro atoms. The molecule has 1 atom stereocenters. The maximum absolute atomic E-state index is 13.5. The minimum atomic E-state index is -4.66. The van der Waals surface area contributed by atoms with E-state index in [1.165, 1.54) is 34.9 Å². The van der Waals surface area contributed by atoms with Gasteiger partial charge in [-0.1, -0.05) is 6.07 Å². The van der Waals surface area contributed by atoms with Crippen LogP contribution in [0.2, 0.25) is 0 Å². The Hall–Kier alpha value is -4.07. The second-order valence-electron chi connectivity index (χ2n) is 7.62. The molecule has 3 aromatic rings. The number of nitrogens with zero attached hydrogens (tertiary/aromatic N) is 4. The Morgan fingerprint density at radius 3 is 2.62 bits per heavy atom. The Bertz CT molecular complexity index is 1270. The van der Waals surface area contributed by atoms with Crippen LogP contribution in [0.25, 0.3) is 5.69 Å². The number of carbonyl (C=O) groups excluding carboxylic acids is 1. The minimum absolute atomic E-state index is 0.0221. The summed E-state index contributed by atoms with van der Waals surface area (Å²) in [5, 5.41) is 13.8. The number of fused-ring (bicyclic) bond motifs is 1. The number of rotatable bonds is 5. The third-order valence-corrected chi connectivity index (χ3v) is 5.36. The number of benzene rings is 2. The summed E-state index contributed by atoms with van der Waals surface area (Å²) in [6, 6.07) is 10.1. The molecule has 11 heteroatoms. The Balaban J connectivity index is 1.65. The Labute approximate surface area is 191 Å². The number of hydrogen-bond donors (Lipinski definition) is 0.